The Kier molecular flexibility index (Phi) is 5.83. The van der Waals surface area contributed by atoms with Gasteiger partial charge in [-0.25, -0.2) is 0 Å². The van der Waals surface area contributed by atoms with Crippen molar-refractivity contribution >= 4 is 5.78 Å². The molecule has 3 heteroatoms. The average Bonchev–Trinajstić information content (AvgIpc) is 2.46. The van der Waals surface area contributed by atoms with E-state index in [9.17, 15) is 4.79 Å². The molecule has 0 aromatic heterocycles. The van der Waals surface area contributed by atoms with Crippen molar-refractivity contribution in [2.45, 2.75) is 64.9 Å². The highest BCUT2D eigenvalue weighted by molar-refractivity contribution is 5.81. The summed E-state index contributed by atoms with van der Waals surface area (Å²) in [5.74, 6) is 1.85. The molecule has 110 valence electrons. The molecule has 4 atom stereocenters. The number of ether oxygens (including phenoxy) is 2. The molecular formula is C16H28O3. The van der Waals surface area contributed by atoms with Crippen molar-refractivity contribution in [1.29, 1.82) is 0 Å². The van der Waals surface area contributed by atoms with Crippen LogP contribution >= 0.6 is 0 Å². The second-order valence-electron chi connectivity index (χ2n) is 5.94. The summed E-state index contributed by atoms with van der Waals surface area (Å²) in [5.41, 5.74) is 0. The highest BCUT2D eigenvalue weighted by Crippen LogP contribution is 2.45. The molecular weight excluding hydrogens is 240 g/mol. The van der Waals surface area contributed by atoms with Crippen LogP contribution in [0.25, 0.3) is 0 Å². The monoisotopic (exact) mass is 268 g/mol. The summed E-state index contributed by atoms with van der Waals surface area (Å²) in [7, 11) is 0. The van der Waals surface area contributed by atoms with E-state index >= 15 is 0 Å². The molecule has 0 spiro atoms. The summed E-state index contributed by atoms with van der Waals surface area (Å²) >= 11 is 0. The van der Waals surface area contributed by atoms with Gasteiger partial charge in [-0.3, -0.25) is 4.79 Å². The van der Waals surface area contributed by atoms with Crippen LogP contribution in [0.5, 0.6) is 0 Å². The van der Waals surface area contributed by atoms with Crippen LogP contribution in [0.4, 0.5) is 0 Å². The van der Waals surface area contributed by atoms with E-state index in [1.807, 2.05) is 13.8 Å². The third-order valence-electron chi connectivity index (χ3n) is 4.92. The molecule has 0 saturated heterocycles. The van der Waals surface area contributed by atoms with Gasteiger partial charge >= 0.3 is 0 Å². The van der Waals surface area contributed by atoms with E-state index in [2.05, 4.69) is 0 Å². The fourth-order valence-corrected chi connectivity index (χ4v) is 4.04. The molecule has 2 saturated carbocycles. The van der Waals surface area contributed by atoms with E-state index in [1.54, 1.807) is 0 Å². The lowest BCUT2D eigenvalue weighted by Gasteiger charge is -2.45. The zero-order valence-corrected chi connectivity index (χ0v) is 12.4. The van der Waals surface area contributed by atoms with Crippen LogP contribution in [-0.2, 0) is 14.3 Å². The predicted octanol–water partition coefficient (Wildman–Crippen LogP) is 3.56. The van der Waals surface area contributed by atoms with Crippen molar-refractivity contribution in [3.8, 4) is 0 Å². The first-order chi connectivity index (χ1) is 9.27. The quantitative estimate of drug-likeness (QED) is 0.546. The number of rotatable bonds is 6. The lowest BCUT2D eigenvalue weighted by Crippen LogP contribution is -2.44. The van der Waals surface area contributed by atoms with Crippen LogP contribution in [-0.4, -0.2) is 25.3 Å². The summed E-state index contributed by atoms with van der Waals surface area (Å²) in [6.07, 6.45) is 8.11. The molecule has 3 nitrogen and oxygen atoms in total. The van der Waals surface area contributed by atoms with E-state index in [-0.39, 0.29) is 12.0 Å². The number of carbonyl (C=O) groups excluding carboxylic acids is 1. The van der Waals surface area contributed by atoms with Crippen molar-refractivity contribution in [3.05, 3.63) is 0 Å². The van der Waals surface area contributed by atoms with Gasteiger partial charge in [0.15, 0.2) is 0 Å². The van der Waals surface area contributed by atoms with E-state index in [0.717, 1.165) is 12.8 Å². The van der Waals surface area contributed by atoms with Crippen LogP contribution < -0.4 is 0 Å². The smallest absolute Gasteiger partial charge is 0.147 e. The van der Waals surface area contributed by atoms with Crippen LogP contribution in [0.3, 0.4) is 0 Å². The standard InChI is InChI=1S/C16H28O3/c1-3-14(17)13-9-5-7-12-8-6-10-15(16(12)13)19-11-18-4-2/h12-13,15-16H,3-11H2,1-2H3/t12-,13+,15+,16-/m0/s1. The van der Waals surface area contributed by atoms with Gasteiger partial charge in [-0.1, -0.05) is 26.2 Å². The van der Waals surface area contributed by atoms with Crippen molar-refractivity contribution in [1.82, 2.24) is 0 Å². The molecule has 2 fully saturated rings. The Morgan fingerprint density at radius 3 is 2.53 bits per heavy atom. The molecule has 0 aromatic rings. The Bertz CT molecular complexity index is 288. The Hall–Kier alpha value is -0.410. The van der Waals surface area contributed by atoms with Gasteiger partial charge in [0.2, 0.25) is 0 Å². The minimum Gasteiger partial charge on any atom is -0.356 e. The maximum atomic E-state index is 12.2. The Labute approximate surface area is 117 Å². The normalized spacial score (nSPS) is 34.8. The summed E-state index contributed by atoms with van der Waals surface area (Å²) < 4.78 is 11.3. The number of fused-ring (bicyclic) bond motifs is 1. The number of Topliss-reactive ketones (excluding diaryl/α,β-unsaturated/α-hetero) is 1. The van der Waals surface area contributed by atoms with E-state index in [0.29, 0.717) is 37.4 Å². The lowest BCUT2D eigenvalue weighted by molar-refractivity contribution is -0.151. The van der Waals surface area contributed by atoms with Gasteiger partial charge in [-0.15, -0.1) is 0 Å². The SMILES string of the molecule is CCOCO[C@@H]1CCC[C@@H]2CCC[C@H](C(=O)CC)[C@H]21. The summed E-state index contributed by atoms with van der Waals surface area (Å²) in [5, 5.41) is 0. The van der Waals surface area contributed by atoms with Gasteiger partial charge in [0.05, 0.1) is 6.10 Å². The van der Waals surface area contributed by atoms with Gasteiger partial charge in [0, 0.05) is 18.9 Å². The fraction of sp³-hybridized carbons (Fsp3) is 0.938. The van der Waals surface area contributed by atoms with Crippen molar-refractivity contribution < 1.29 is 14.3 Å². The molecule has 0 bridgehead atoms. The molecule has 2 rings (SSSR count). The summed E-state index contributed by atoms with van der Waals surface area (Å²) in [6.45, 7) is 5.05. The van der Waals surface area contributed by atoms with Crippen molar-refractivity contribution in [3.63, 3.8) is 0 Å². The maximum Gasteiger partial charge on any atom is 0.147 e. The number of carbonyl (C=O) groups is 1. The minimum absolute atomic E-state index is 0.242. The van der Waals surface area contributed by atoms with Gasteiger partial charge in [-0.05, 0) is 38.0 Å². The van der Waals surface area contributed by atoms with Crippen LogP contribution in [0, 0.1) is 17.8 Å². The largest absolute Gasteiger partial charge is 0.356 e. The molecule has 0 heterocycles. The van der Waals surface area contributed by atoms with Crippen molar-refractivity contribution in [2.24, 2.45) is 17.8 Å². The molecule has 2 aliphatic rings. The molecule has 0 N–H and O–H groups in total. The first-order valence-corrected chi connectivity index (χ1v) is 8.00. The second kappa shape index (κ2) is 7.39. The molecule has 2 aliphatic carbocycles. The lowest BCUT2D eigenvalue weighted by atomic mass is 9.63. The zero-order chi connectivity index (χ0) is 13.7. The fourth-order valence-electron chi connectivity index (χ4n) is 4.04. The zero-order valence-electron chi connectivity index (χ0n) is 12.4. The third kappa shape index (κ3) is 3.57. The third-order valence-corrected chi connectivity index (χ3v) is 4.92. The second-order valence-corrected chi connectivity index (χ2v) is 5.94. The predicted molar refractivity (Wildman–Crippen MR) is 74.8 cm³/mol. The molecule has 0 unspecified atom stereocenters. The number of hydrogen-bond donors (Lipinski definition) is 0. The molecule has 0 aliphatic heterocycles. The van der Waals surface area contributed by atoms with Gasteiger partial charge in [0.1, 0.15) is 12.6 Å². The highest BCUT2D eigenvalue weighted by atomic mass is 16.7. The van der Waals surface area contributed by atoms with Crippen LogP contribution in [0.15, 0.2) is 0 Å². The minimum atomic E-state index is 0.242. The van der Waals surface area contributed by atoms with E-state index < -0.39 is 0 Å². The Balaban J connectivity index is 2.02. The number of hydrogen-bond acceptors (Lipinski definition) is 3. The van der Waals surface area contributed by atoms with Crippen molar-refractivity contribution in [2.75, 3.05) is 13.4 Å². The average molecular weight is 268 g/mol. The number of ketones is 1. The van der Waals surface area contributed by atoms with Crippen LogP contribution in [0.2, 0.25) is 0 Å². The molecule has 0 radical (unpaired) electrons. The van der Waals surface area contributed by atoms with Gasteiger partial charge in [0.25, 0.3) is 0 Å². The molecule has 0 amide bonds. The Morgan fingerprint density at radius 2 is 1.84 bits per heavy atom. The summed E-state index contributed by atoms with van der Waals surface area (Å²) in [6, 6.07) is 0. The van der Waals surface area contributed by atoms with Crippen LogP contribution in [0.1, 0.15) is 58.8 Å². The maximum absolute atomic E-state index is 12.2. The molecule has 0 aromatic carbocycles. The first kappa shape index (κ1) is 15.0. The van der Waals surface area contributed by atoms with Gasteiger partial charge in [-0.2, -0.15) is 0 Å². The Morgan fingerprint density at radius 1 is 1.11 bits per heavy atom. The van der Waals surface area contributed by atoms with E-state index in [4.69, 9.17) is 9.47 Å². The van der Waals surface area contributed by atoms with Gasteiger partial charge < -0.3 is 9.47 Å². The van der Waals surface area contributed by atoms with E-state index in [1.165, 1.54) is 25.7 Å². The molecule has 19 heavy (non-hydrogen) atoms. The topological polar surface area (TPSA) is 35.5 Å². The highest BCUT2D eigenvalue weighted by Gasteiger charge is 2.43. The first-order valence-electron chi connectivity index (χ1n) is 8.00. The summed E-state index contributed by atoms with van der Waals surface area (Å²) in [4.78, 5) is 12.2.